The Hall–Kier alpha value is -0.560. The van der Waals surface area contributed by atoms with Crippen LogP contribution >= 0.6 is 0 Å². The van der Waals surface area contributed by atoms with E-state index >= 15 is 0 Å². The van der Waals surface area contributed by atoms with Crippen LogP contribution in [0.3, 0.4) is 0 Å². The first-order valence-electron chi connectivity index (χ1n) is 2.31. The molecule has 1 nitrogen and oxygen atoms in total. The van der Waals surface area contributed by atoms with Crippen LogP contribution in [0.15, 0.2) is 24.3 Å². The monoisotopic (exact) mass is 97.1 g/mol. The van der Waals surface area contributed by atoms with Crippen molar-refractivity contribution in [3.8, 4) is 0 Å². The van der Waals surface area contributed by atoms with Gasteiger partial charge in [0.15, 0.2) is 0 Å². The van der Waals surface area contributed by atoms with Crippen molar-refractivity contribution >= 4 is 0 Å². The fourth-order valence-corrected chi connectivity index (χ4v) is 0.304. The zero-order valence-electron chi connectivity index (χ0n) is 4.65. The molecule has 0 fully saturated rings. The molecule has 0 unspecified atom stereocenters. The summed E-state index contributed by atoms with van der Waals surface area (Å²) in [7, 11) is 0. The molecule has 0 rings (SSSR count). The molecule has 0 aromatic heterocycles. The summed E-state index contributed by atoms with van der Waals surface area (Å²) in [5.41, 5.74) is 6.18. The second kappa shape index (κ2) is 3.62. The van der Waals surface area contributed by atoms with Gasteiger partial charge in [-0.1, -0.05) is 18.7 Å². The largest absolute Gasteiger partial charge is 0.327 e. The molecule has 40 valence electrons. The predicted molar refractivity (Wildman–Crippen MR) is 33.0 cm³/mol. The Morgan fingerprint density at radius 3 is 2.57 bits per heavy atom. The molecule has 0 heterocycles. The van der Waals surface area contributed by atoms with Crippen molar-refractivity contribution < 1.29 is 0 Å². The van der Waals surface area contributed by atoms with Crippen LogP contribution in [0.25, 0.3) is 0 Å². The van der Waals surface area contributed by atoms with Crippen LogP contribution in [-0.4, -0.2) is 6.54 Å². The minimum absolute atomic E-state index is 0.560. The zero-order valence-corrected chi connectivity index (χ0v) is 4.65. The van der Waals surface area contributed by atoms with Crippen molar-refractivity contribution in [1.29, 1.82) is 0 Å². The van der Waals surface area contributed by atoms with Gasteiger partial charge in [0.05, 0.1) is 0 Å². The fraction of sp³-hybridized carbons (Fsp3) is 0.333. The van der Waals surface area contributed by atoms with Gasteiger partial charge in [-0.25, -0.2) is 0 Å². The van der Waals surface area contributed by atoms with Gasteiger partial charge in [0.1, 0.15) is 0 Å². The third kappa shape index (κ3) is 3.27. The Labute approximate surface area is 44.5 Å². The summed E-state index contributed by atoms with van der Waals surface area (Å²) in [6.07, 6.45) is 3.83. The van der Waals surface area contributed by atoms with E-state index < -0.39 is 0 Å². The van der Waals surface area contributed by atoms with Crippen LogP contribution in [0.5, 0.6) is 0 Å². The molecule has 0 aliphatic heterocycles. The van der Waals surface area contributed by atoms with E-state index in [0.29, 0.717) is 6.54 Å². The van der Waals surface area contributed by atoms with Crippen LogP contribution in [0, 0.1) is 0 Å². The predicted octanol–water partition coefficient (Wildman–Crippen LogP) is 1.08. The minimum Gasteiger partial charge on any atom is -0.327 e. The van der Waals surface area contributed by atoms with E-state index in [-0.39, 0.29) is 0 Å². The Morgan fingerprint density at radius 1 is 1.86 bits per heavy atom. The lowest BCUT2D eigenvalue weighted by atomic mass is 10.3. The third-order valence-electron chi connectivity index (χ3n) is 0.665. The van der Waals surface area contributed by atoms with Gasteiger partial charge < -0.3 is 5.73 Å². The molecule has 0 aromatic carbocycles. The van der Waals surface area contributed by atoms with Crippen LogP contribution in [0.1, 0.15) is 6.92 Å². The first-order valence-corrected chi connectivity index (χ1v) is 2.31. The summed E-state index contributed by atoms with van der Waals surface area (Å²) in [4.78, 5) is 0. The Bertz CT molecular complexity index is 82.2. The van der Waals surface area contributed by atoms with E-state index in [1.807, 2.05) is 19.1 Å². The Morgan fingerprint density at radius 2 is 2.43 bits per heavy atom. The maximum Gasteiger partial charge on any atom is 0.0172 e. The van der Waals surface area contributed by atoms with Gasteiger partial charge in [-0.2, -0.15) is 0 Å². The molecule has 0 saturated carbocycles. The van der Waals surface area contributed by atoms with Crippen LogP contribution in [0.2, 0.25) is 0 Å². The molecule has 0 radical (unpaired) electrons. The average molecular weight is 97.2 g/mol. The summed E-state index contributed by atoms with van der Waals surface area (Å²) >= 11 is 0. The Balaban J connectivity index is 3.37. The van der Waals surface area contributed by atoms with Crippen LogP contribution < -0.4 is 5.73 Å². The maximum atomic E-state index is 5.21. The average Bonchev–Trinajstić information content (AvgIpc) is 1.68. The molecule has 7 heavy (non-hydrogen) atoms. The van der Waals surface area contributed by atoms with E-state index in [1.165, 1.54) is 0 Å². The summed E-state index contributed by atoms with van der Waals surface area (Å²) in [6, 6.07) is 0. The van der Waals surface area contributed by atoms with Gasteiger partial charge in [0.25, 0.3) is 0 Å². The van der Waals surface area contributed by atoms with Gasteiger partial charge in [-0.3, -0.25) is 0 Å². The molecule has 0 spiro atoms. The molecule has 0 aliphatic rings. The first kappa shape index (κ1) is 6.44. The zero-order chi connectivity index (χ0) is 5.70. The van der Waals surface area contributed by atoms with Crippen LogP contribution in [0.4, 0.5) is 0 Å². The molecule has 0 atom stereocenters. The van der Waals surface area contributed by atoms with Crippen molar-refractivity contribution in [3.63, 3.8) is 0 Å². The smallest absolute Gasteiger partial charge is 0.0172 e. The second-order valence-electron chi connectivity index (χ2n) is 1.36. The molecule has 0 aliphatic carbocycles. The SMILES string of the molecule is C=C(/C=C\C)CN. The van der Waals surface area contributed by atoms with Crippen molar-refractivity contribution in [2.75, 3.05) is 6.54 Å². The minimum atomic E-state index is 0.560. The van der Waals surface area contributed by atoms with Crippen molar-refractivity contribution in [1.82, 2.24) is 0 Å². The Kier molecular flexibility index (Phi) is 3.33. The molecule has 0 aromatic rings. The fourth-order valence-electron chi connectivity index (χ4n) is 0.304. The van der Waals surface area contributed by atoms with Gasteiger partial charge in [0, 0.05) is 6.54 Å². The lowest BCUT2D eigenvalue weighted by Crippen LogP contribution is -1.98. The first-order chi connectivity index (χ1) is 3.31. The lowest BCUT2D eigenvalue weighted by molar-refractivity contribution is 1.19. The van der Waals surface area contributed by atoms with Crippen molar-refractivity contribution in [3.05, 3.63) is 24.3 Å². The number of rotatable bonds is 2. The highest BCUT2D eigenvalue weighted by molar-refractivity contribution is 5.14. The highest BCUT2D eigenvalue weighted by Gasteiger charge is 1.75. The number of hydrogen-bond acceptors (Lipinski definition) is 1. The van der Waals surface area contributed by atoms with E-state index in [4.69, 9.17) is 5.73 Å². The van der Waals surface area contributed by atoms with Crippen molar-refractivity contribution in [2.24, 2.45) is 5.73 Å². The van der Waals surface area contributed by atoms with Gasteiger partial charge in [0.2, 0.25) is 0 Å². The van der Waals surface area contributed by atoms with E-state index in [2.05, 4.69) is 6.58 Å². The highest BCUT2D eigenvalue weighted by Crippen LogP contribution is 1.85. The quantitative estimate of drug-likeness (QED) is 0.512. The topological polar surface area (TPSA) is 26.0 Å². The normalized spacial score (nSPS) is 10.0. The molecule has 0 amide bonds. The number of allylic oxidation sites excluding steroid dienone is 1. The van der Waals surface area contributed by atoms with E-state index in [1.54, 1.807) is 0 Å². The molecular weight excluding hydrogens is 86.1 g/mol. The lowest BCUT2D eigenvalue weighted by Gasteiger charge is -1.86. The molecule has 0 bridgehead atoms. The van der Waals surface area contributed by atoms with E-state index in [9.17, 15) is 0 Å². The third-order valence-corrected chi connectivity index (χ3v) is 0.665. The highest BCUT2D eigenvalue weighted by atomic mass is 14.5. The summed E-state index contributed by atoms with van der Waals surface area (Å²) in [5, 5.41) is 0. The maximum absolute atomic E-state index is 5.21. The standard InChI is InChI=1S/C6H11N/c1-3-4-6(2)5-7/h3-4H,2,5,7H2,1H3/b4-3-. The molecule has 2 N–H and O–H groups in total. The van der Waals surface area contributed by atoms with Gasteiger partial charge in [-0.15, -0.1) is 0 Å². The molecular formula is C6H11N. The second-order valence-corrected chi connectivity index (χ2v) is 1.36. The van der Waals surface area contributed by atoms with Gasteiger partial charge in [-0.05, 0) is 12.5 Å². The van der Waals surface area contributed by atoms with Crippen LogP contribution in [-0.2, 0) is 0 Å². The summed E-state index contributed by atoms with van der Waals surface area (Å²) in [6.45, 7) is 6.16. The summed E-state index contributed by atoms with van der Waals surface area (Å²) in [5.74, 6) is 0. The molecule has 0 saturated heterocycles. The van der Waals surface area contributed by atoms with Gasteiger partial charge >= 0.3 is 0 Å². The number of nitrogens with two attached hydrogens (primary N) is 1. The molecule has 1 heteroatoms. The summed E-state index contributed by atoms with van der Waals surface area (Å²) < 4.78 is 0. The van der Waals surface area contributed by atoms with Crippen molar-refractivity contribution in [2.45, 2.75) is 6.92 Å². The van der Waals surface area contributed by atoms with E-state index in [0.717, 1.165) is 5.57 Å². The number of hydrogen-bond donors (Lipinski definition) is 1.